The third kappa shape index (κ3) is 4.67. The molecule has 4 heteroatoms. The second kappa shape index (κ2) is 7.89. The highest BCUT2D eigenvalue weighted by molar-refractivity contribution is 8.00. The molecule has 2 heterocycles. The van der Waals surface area contributed by atoms with Crippen molar-refractivity contribution in [2.45, 2.75) is 39.0 Å². The molecule has 1 N–H and O–H groups in total. The van der Waals surface area contributed by atoms with Gasteiger partial charge in [-0.15, -0.1) is 0 Å². The molecule has 0 aliphatic carbocycles. The van der Waals surface area contributed by atoms with Gasteiger partial charge in [0.2, 0.25) is 0 Å². The number of pyridine rings is 1. The summed E-state index contributed by atoms with van der Waals surface area (Å²) in [6.07, 6.45) is 1.25. The molecule has 1 atom stereocenters. The fraction of sp³-hybridized carbons (Fsp3) is 0.688. The van der Waals surface area contributed by atoms with Gasteiger partial charge in [0.1, 0.15) is 5.82 Å². The Hall–Kier alpha value is -0.740. The van der Waals surface area contributed by atoms with Gasteiger partial charge in [-0.25, -0.2) is 4.98 Å². The van der Waals surface area contributed by atoms with Crippen LogP contribution in [-0.2, 0) is 6.54 Å². The first-order valence-corrected chi connectivity index (χ1v) is 8.77. The van der Waals surface area contributed by atoms with Crippen LogP contribution in [0.4, 0.5) is 5.82 Å². The van der Waals surface area contributed by atoms with Gasteiger partial charge >= 0.3 is 0 Å². The quantitative estimate of drug-likeness (QED) is 0.872. The molecule has 3 nitrogen and oxygen atoms in total. The number of nitrogens with zero attached hydrogens (tertiary/aromatic N) is 2. The average molecular weight is 293 g/mol. The molecule has 0 bridgehead atoms. The number of rotatable bonds is 6. The zero-order valence-corrected chi connectivity index (χ0v) is 13.7. The van der Waals surface area contributed by atoms with E-state index in [-0.39, 0.29) is 0 Å². The molecule has 1 aromatic heterocycles. The molecule has 0 aromatic carbocycles. The second-order valence-corrected chi connectivity index (χ2v) is 7.27. The van der Waals surface area contributed by atoms with Crippen LogP contribution in [-0.4, -0.2) is 35.6 Å². The van der Waals surface area contributed by atoms with Crippen molar-refractivity contribution in [3.63, 3.8) is 0 Å². The van der Waals surface area contributed by atoms with Crippen molar-refractivity contribution in [2.75, 3.05) is 30.3 Å². The molecule has 0 amide bonds. The van der Waals surface area contributed by atoms with Gasteiger partial charge in [0.25, 0.3) is 0 Å². The highest BCUT2D eigenvalue weighted by Gasteiger charge is 2.19. The van der Waals surface area contributed by atoms with Crippen LogP contribution in [0.15, 0.2) is 18.2 Å². The molecular weight excluding hydrogens is 266 g/mol. The maximum atomic E-state index is 4.82. The summed E-state index contributed by atoms with van der Waals surface area (Å²) in [5.74, 6) is 3.05. The number of thioether (sulfide) groups is 1. The molecule has 1 aromatic rings. The van der Waals surface area contributed by atoms with Gasteiger partial charge in [-0.2, -0.15) is 11.8 Å². The lowest BCUT2D eigenvalue weighted by Crippen LogP contribution is -2.38. The Morgan fingerprint density at radius 2 is 2.30 bits per heavy atom. The van der Waals surface area contributed by atoms with Crippen LogP contribution in [0.1, 0.15) is 32.9 Å². The second-order valence-electron chi connectivity index (χ2n) is 5.86. The lowest BCUT2D eigenvalue weighted by molar-refractivity contribution is 0.548. The molecule has 0 spiro atoms. The van der Waals surface area contributed by atoms with Crippen LogP contribution in [0.2, 0.25) is 0 Å². The van der Waals surface area contributed by atoms with E-state index in [4.69, 9.17) is 4.98 Å². The summed E-state index contributed by atoms with van der Waals surface area (Å²) in [4.78, 5) is 7.26. The van der Waals surface area contributed by atoms with Gasteiger partial charge < -0.3 is 10.2 Å². The van der Waals surface area contributed by atoms with Crippen LogP contribution in [0.3, 0.4) is 0 Å². The Labute approximate surface area is 127 Å². The molecule has 1 aliphatic rings. The van der Waals surface area contributed by atoms with Gasteiger partial charge in [-0.3, -0.25) is 0 Å². The molecule has 0 radical (unpaired) electrons. The maximum Gasteiger partial charge on any atom is 0.128 e. The van der Waals surface area contributed by atoms with Gasteiger partial charge in [0.15, 0.2) is 0 Å². The molecule has 1 unspecified atom stereocenters. The van der Waals surface area contributed by atoms with Crippen molar-refractivity contribution in [3.05, 3.63) is 23.9 Å². The zero-order chi connectivity index (χ0) is 14.4. The normalized spacial score (nSPS) is 19.6. The Morgan fingerprint density at radius 1 is 1.45 bits per heavy atom. The third-order valence-corrected chi connectivity index (χ3v) is 4.94. The number of hydrogen-bond donors (Lipinski definition) is 1. The number of anilines is 1. The van der Waals surface area contributed by atoms with E-state index in [1.165, 1.54) is 12.2 Å². The maximum absolute atomic E-state index is 4.82. The minimum atomic E-state index is 0.683. The first kappa shape index (κ1) is 15.6. The molecule has 1 fully saturated rings. The third-order valence-electron chi connectivity index (χ3n) is 3.57. The monoisotopic (exact) mass is 293 g/mol. The first-order chi connectivity index (χ1) is 9.69. The molecule has 1 saturated heterocycles. The molecule has 2 rings (SSSR count). The largest absolute Gasteiger partial charge is 0.355 e. The molecule has 112 valence electrons. The number of nitrogens with one attached hydrogen (secondary N) is 1. The highest BCUT2D eigenvalue weighted by Crippen LogP contribution is 2.24. The Balaban J connectivity index is 1.94. The van der Waals surface area contributed by atoms with Crippen molar-refractivity contribution < 1.29 is 0 Å². The van der Waals surface area contributed by atoms with E-state index in [2.05, 4.69) is 60.9 Å². The van der Waals surface area contributed by atoms with Crippen molar-refractivity contribution in [1.29, 1.82) is 0 Å². The van der Waals surface area contributed by atoms with Gasteiger partial charge in [-0.1, -0.05) is 26.8 Å². The Bertz CT molecular complexity index is 408. The van der Waals surface area contributed by atoms with E-state index in [0.717, 1.165) is 42.9 Å². The minimum Gasteiger partial charge on any atom is -0.355 e. The van der Waals surface area contributed by atoms with Crippen LogP contribution in [0.5, 0.6) is 0 Å². The molecule has 1 aliphatic heterocycles. The van der Waals surface area contributed by atoms with Crippen LogP contribution >= 0.6 is 11.8 Å². The van der Waals surface area contributed by atoms with Crippen molar-refractivity contribution >= 4 is 17.6 Å². The Kier molecular flexibility index (Phi) is 6.17. The first-order valence-electron chi connectivity index (χ1n) is 7.72. The lowest BCUT2D eigenvalue weighted by atomic mass is 10.2. The molecular formula is C16H27N3S. The zero-order valence-electron chi connectivity index (χ0n) is 12.9. The fourth-order valence-electron chi connectivity index (χ4n) is 2.40. The van der Waals surface area contributed by atoms with E-state index < -0.39 is 0 Å². The van der Waals surface area contributed by atoms with E-state index in [0.29, 0.717) is 5.92 Å². The van der Waals surface area contributed by atoms with E-state index in [1.807, 2.05) is 0 Å². The predicted octanol–water partition coefficient (Wildman–Crippen LogP) is 3.16. The smallest absolute Gasteiger partial charge is 0.128 e. The van der Waals surface area contributed by atoms with Crippen molar-refractivity contribution in [2.24, 2.45) is 5.92 Å². The van der Waals surface area contributed by atoms with E-state index in [9.17, 15) is 0 Å². The van der Waals surface area contributed by atoms with Crippen LogP contribution in [0, 0.1) is 5.92 Å². The SMILES string of the molecule is CCC1CN(c2cccc(CNCC(C)C)n2)CCS1. The summed E-state index contributed by atoms with van der Waals surface area (Å²) in [5, 5.41) is 4.22. The number of aromatic nitrogens is 1. The Morgan fingerprint density at radius 3 is 3.05 bits per heavy atom. The molecule has 0 saturated carbocycles. The van der Waals surface area contributed by atoms with Crippen molar-refractivity contribution in [1.82, 2.24) is 10.3 Å². The lowest BCUT2D eigenvalue weighted by Gasteiger charge is -2.33. The van der Waals surface area contributed by atoms with Gasteiger partial charge in [0.05, 0.1) is 5.69 Å². The summed E-state index contributed by atoms with van der Waals surface area (Å²) >= 11 is 2.10. The average Bonchev–Trinajstić information content (AvgIpc) is 2.47. The van der Waals surface area contributed by atoms with E-state index in [1.54, 1.807) is 0 Å². The summed E-state index contributed by atoms with van der Waals surface area (Å²) in [7, 11) is 0. The van der Waals surface area contributed by atoms with Gasteiger partial charge in [-0.05, 0) is 31.0 Å². The standard InChI is InChI=1S/C16H27N3S/c1-4-15-12-19(8-9-20-15)16-7-5-6-14(18-16)11-17-10-13(2)3/h5-7,13,15,17H,4,8-12H2,1-3H3. The number of hydrogen-bond acceptors (Lipinski definition) is 4. The minimum absolute atomic E-state index is 0.683. The van der Waals surface area contributed by atoms with Gasteiger partial charge in [0, 0.05) is 30.6 Å². The van der Waals surface area contributed by atoms with E-state index >= 15 is 0 Å². The van der Waals surface area contributed by atoms with Crippen LogP contribution in [0.25, 0.3) is 0 Å². The van der Waals surface area contributed by atoms with Crippen LogP contribution < -0.4 is 10.2 Å². The summed E-state index contributed by atoms with van der Waals surface area (Å²) < 4.78 is 0. The summed E-state index contributed by atoms with van der Waals surface area (Å²) in [5.41, 5.74) is 1.15. The van der Waals surface area contributed by atoms with Crippen molar-refractivity contribution in [3.8, 4) is 0 Å². The summed E-state index contributed by atoms with van der Waals surface area (Å²) in [6, 6.07) is 6.40. The predicted molar refractivity (Wildman–Crippen MR) is 89.5 cm³/mol. The fourth-order valence-corrected chi connectivity index (χ4v) is 3.58. The molecule has 20 heavy (non-hydrogen) atoms. The summed E-state index contributed by atoms with van der Waals surface area (Å²) in [6.45, 7) is 10.9. The topological polar surface area (TPSA) is 28.2 Å². The highest BCUT2D eigenvalue weighted by atomic mass is 32.2.